The van der Waals surface area contributed by atoms with Gasteiger partial charge in [0.15, 0.2) is 0 Å². The molecule has 4 aliphatic heterocycles. The molecule has 1 N–H and O–H groups in total. The number of piperidine rings is 1. The van der Waals surface area contributed by atoms with Crippen molar-refractivity contribution in [1.29, 1.82) is 0 Å². The van der Waals surface area contributed by atoms with Crippen LogP contribution in [0.1, 0.15) is 32.1 Å². The van der Waals surface area contributed by atoms with E-state index in [1.165, 1.54) is 0 Å². The van der Waals surface area contributed by atoms with Gasteiger partial charge in [0, 0.05) is 51.8 Å². The van der Waals surface area contributed by atoms with Crippen molar-refractivity contribution in [2.24, 2.45) is 17.3 Å². The van der Waals surface area contributed by atoms with Gasteiger partial charge in [0.1, 0.15) is 0 Å². The summed E-state index contributed by atoms with van der Waals surface area (Å²) in [7, 11) is 0. The predicted molar refractivity (Wildman–Crippen MR) is 96.1 cm³/mol. The highest BCUT2D eigenvalue weighted by atomic mass is 16.5. The monoisotopic (exact) mass is 379 g/mol. The van der Waals surface area contributed by atoms with E-state index < -0.39 is 11.4 Å². The highest BCUT2D eigenvalue weighted by Crippen LogP contribution is 2.43. The lowest BCUT2D eigenvalue weighted by atomic mass is 9.74. The van der Waals surface area contributed by atoms with Crippen molar-refractivity contribution in [1.82, 2.24) is 14.7 Å². The van der Waals surface area contributed by atoms with E-state index in [-0.39, 0.29) is 30.3 Å². The Morgan fingerprint density at radius 3 is 2.41 bits per heavy atom. The predicted octanol–water partition coefficient (Wildman–Crippen LogP) is 0.864. The van der Waals surface area contributed by atoms with Crippen molar-refractivity contribution < 1.29 is 24.2 Å². The number of carbonyl (C=O) groups is 3. The first-order chi connectivity index (χ1) is 13.0. The van der Waals surface area contributed by atoms with Crippen molar-refractivity contribution in [3.63, 3.8) is 0 Å². The summed E-state index contributed by atoms with van der Waals surface area (Å²) in [4.78, 5) is 43.2. The molecule has 0 aromatic rings. The average Bonchev–Trinajstić information content (AvgIpc) is 3.35. The van der Waals surface area contributed by atoms with Gasteiger partial charge in [-0.15, -0.1) is 0 Å². The van der Waals surface area contributed by atoms with E-state index in [4.69, 9.17) is 4.74 Å². The number of carboxylic acids is 1. The Morgan fingerprint density at radius 1 is 0.963 bits per heavy atom. The quantitative estimate of drug-likeness (QED) is 0.769. The van der Waals surface area contributed by atoms with Crippen molar-refractivity contribution in [2.45, 2.75) is 32.1 Å². The van der Waals surface area contributed by atoms with Gasteiger partial charge in [-0.25, -0.2) is 4.79 Å². The third kappa shape index (κ3) is 3.28. The minimum atomic E-state index is -0.867. The van der Waals surface area contributed by atoms with Gasteiger partial charge in [-0.3, -0.25) is 9.59 Å². The maximum Gasteiger partial charge on any atom is 0.320 e. The molecule has 0 bridgehead atoms. The molecule has 27 heavy (non-hydrogen) atoms. The highest BCUT2D eigenvalue weighted by molar-refractivity contribution is 5.84. The number of ether oxygens (including phenoxy) is 1. The van der Waals surface area contributed by atoms with Crippen LogP contribution in [0.25, 0.3) is 0 Å². The smallest absolute Gasteiger partial charge is 0.320 e. The van der Waals surface area contributed by atoms with Gasteiger partial charge in [0.05, 0.1) is 17.9 Å². The molecule has 4 rings (SSSR count). The molecule has 0 saturated carbocycles. The van der Waals surface area contributed by atoms with Gasteiger partial charge in [-0.2, -0.15) is 0 Å². The molecule has 0 aromatic heterocycles. The van der Waals surface area contributed by atoms with Crippen LogP contribution in [0, 0.1) is 17.3 Å². The zero-order chi connectivity index (χ0) is 19.0. The SMILES string of the molecule is O=C(C1CCCN(C(=O)N2CCCC2)C1)N1C[C@H]2COCC[C@@]2(C(=O)O)C1. The van der Waals surface area contributed by atoms with E-state index in [9.17, 15) is 19.5 Å². The van der Waals surface area contributed by atoms with E-state index in [1.807, 2.05) is 9.80 Å². The molecule has 150 valence electrons. The van der Waals surface area contributed by atoms with Gasteiger partial charge in [0.2, 0.25) is 5.91 Å². The average molecular weight is 379 g/mol. The Kier molecular flexibility index (Phi) is 5.01. The fourth-order valence-corrected chi connectivity index (χ4v) is 5.19. The Bertz CT molecular complexity index is 620. The number of urea groups is 1. The summed E-state index contributed by atoms with van der Waals surface area (Å²) in [5.41, 5.74) is -0.867. The number of carboxylic acid groups (broad SMARTS) is 1. The van der Waals surface area contributed by atoms with Gasteiger partial charge >= 0.3 is 12.0 Å². The summed E-state index contributed by atoms with van der Waals surface area (Å²) in [6.45, 7) is 4.33. The minimum Gasteiger partial charge on any atom is -0.481 e. The third-order valence-electron chi connectivity index (χ3n) is 6.86. The highest BCUT2D eigenvalue weighted by Gasteiger charge is 2.55. The number of hydrogen-bond donors (Lipinski definition) is 1. The summed E-state index contributed by atoms with van der Waals surface area (Å²) in [5, 5.41) is 9.79. The number of carbonyl (C=O) groups excluding carboxylic acids is 2. The van der Waals surface area contributed by atoms with Crippen molar-refractivity contribution in [2.75, 3.05) is 52.5 Å². The van der Waals surface area contributed by atoms with Gasteiger partial charge in [-0.05, 0) is 32.1 Å². The van der Waals surface area contributed by atoms with Crippen molar-refractivity contribution in [3.05, 3.63) is 0 Å². The molecule has 4 saturated heterocycles. The molecule has 0 aromatic carbocycles. The second-order valence-corrected chi connectivity index (χ2v) is 8.46. The number of fused-ring (bicyclic) bond motifs is 1. The summed E-state index contributed by atoms with van der Waals surface area (Å²) in [6, 6.07) is 0.0514. The number of rotatable bonds is 2. The van der Waals surface area contributed by atoms with E-state index >= 15 is 0 Å². The first kappa shape index (κ1) is 18.5. The topological polar surface area (TPSA) is 90.4 Å². The second-order valence-electron chi connectivity index (χ2n) is 8.46. The van der Waals surface area contributed by atoms with Gasteiger partial charge < -0.3 is 24.5 Å². The first-order valence-electron chi connectivity index (χ1n) is 10.1. The number of hydrogen-bond acceptors (Lipinski definition) is 4. The fraction of sp³-hybridized carbons (Fsp3) is 0.842. The summed E-state index contributed by atoms with van der Waals surface area (Å²) < 4.78 is 5.48. The van der Waals surface area contributed by atoms with Crippen LogP contribution in [0.4, 0.5) is 4.79 Å². The Balaban J connectivity index is 1.42. The first-order valence-corrected chi connectivity index (χ1v) is 10.1. The lowest BCUT2D eigenvalue weighted by Gasteiger charge is -2.36. The summed E-state index contributed by atoms with van der Waals surface area (Å²) >= 11 is 0. The van der Waals surface area contributed by atoms with Gasteiger partial charge in [0.25, 0.3) is 0 Å². The molecule has 1 unspecified atom stereocenters. The zero-order valence-electron chi connectivity index (χ0n) is 15.8. The molecule has 0 radical (unpaired) electrons. The normalized spacial score (nSPS) is 33.9. The Labute approximate surface area is 159 Å². The van der Waals surface area contributed by atoms with Crippen LogP contribution in [0.5, 0.6) is 0 Å². The maximum atomic E-state index is 13.1. The molecule has 8 heteroatoms. The molecule has 0 spiro atoms. The molecule has 4 aliphatic rings. The molecule has 3 atom stereocenters. The van der Waals surface area contributed by atoms with E-state index in [0.29, 0.717) is 39.3 Å². The lowest BCUT2D eigenvalue weighted by molar-refractivity contribution is -0.157. The van der Waals surface area contributed by atoms with E-state index in [0.717, 1.165) is 38.8 Å². The van der Waals surface area contributed by atoms with E-state index in [1.54, 1.807) is 4.90 Å². The van der Waals surface area contributed by atoms with Crippen molar-refractivity contribution in [3.8, 4) is 0 Å². The van der Waals surface area contributed by atoms with Crippen LogP contribution in [0.3, 0.4) is 0 Å². The van der Waals surface area contributed by atoms with E-state index in [2.05, 4.69) is 0 Å². The third-order valence-corrected chi connectivity index (χ3v) is 6.86. The summed E-state index contributed by atoms with van der Waals surface area (Å²) in [5.74, 6) is -1.18. The maximum absolute atomic E-state index is 13.1. The standard InChI is InChI=1S/C19H29N3O5/c23-16(22-11-15-12-27-9-5-19(15,13-22)17(24)25)14-4-3-8-21(10-14)18(26)20-6-1-2-7-20/h14-15H,1-13H2,(H,24,25)/t14?,15-,19+/m0/s1. The van der Waals surface area contributed by atoms with Crippen molar-refractivity contribution >= 4 is 17.9 Å². The minimum absolute atomic E-state index is 0.00365. The number of nitrogens with zero attached hydrogens (tertiary/aromatic N) is 3. The number of likely N-dealkylation sites (tertiary alicyclic amines) is 3. The number of amides is 3. The van der Waals surface area contributed by atoms with Crippen LogP contribution in [-0.4, -0.2) is 90.2 Å². The molecule has 4 heterocycles. The molecule has 0 aliphatic carbocycles. The van der Waals surface area contributed by atoms with Crippen LogP contribution >= 0.6 is 0 Å². The fourth-order valence-electron chi connectivity index (χ4n) is 5.19. The zero-order valence-corrected chi connectivity index (χ0v) is 15.8. The molecule has 8 nitrogen and oxygen atoms in total. The molecule has 3 amide bonds. The Morgan fingerprint density at radius 2 is 1.70 bits per heavy atom. The summed E-state index contributed by atoms with van der Waals surface area (Å²) in [6.07, 6.45) is 4.15. The van der Waals surface area contributed by atoms with Gasteiger partial charge in [-0.1, -0.05) is 0 Å². The van der Waals surface area contributed by atoms with Crippen LogP contribution in [0.15, 0.2) is 0 Å². The molecule has 4 fully saturated rings. The van der Waals surface area contributed by atoms with Crippen LogP contribution in [0.2, 0.25) is 0 Å². The molecular formula is C19H29N3O5. The van der Waals surface area contributed by atoms with Crippen LogP contribution < -0.4 is 0 Å². The second kappa shape index (κ2) is 7.30. The number of aliphatic carboxylic acids is 1. The van der Waals surface area contributed by atoms with Crippen LogP contribution in [-0.2, 0) is 14.3 Å². The lowest BCUT2D eigenvalue weighted by Crippen LogP contribution is -2.50. The largest absolute Gasteiger partial charge is 0.481 e. The molecular weight excluding hydrogens is 350 g/mol. The Hall–Kier alpha value is -1.83.